The molecular weight excluding hydrogens is 348 g/mol. The number of carboxylic acid groups (broad SMARTS) is 1. The monoisotopic (exact) mass is 354 g/mol. The molecule has 0 aliphatic carbocycles. The number of aromatic nitrogens is 1. The number of carbonyl (C=O) groups excluding carboxylic acids is 1. The highest BCUT2D eigenvalue weighted by Crippen LogP contribution is 2.30. The Balaban J connectivity index is 2.20. The van der Waals surface area contributed by atoms with E-state index < -0.39 is 11.9 Å². The summed E-state index contributed by atoms with van der Waals surface area (Å²) in [6.07, 6.45) is 1.21. The molecule has 0 radical (unpaired) electrons. The lowest BCUT2D eigenvalue weighted by atomic mass is 10.2. The lowest BCUT2D eigenvalue weighted by Crippen LogP contribution is -2.13. The molecule has 5 nitrogen and oxygen atoms in total. The van der Waals surface area contributed by atoms with Gasteiger partial charge in [-0.3, -0.25) is 4.79 Å². The van der Waals surface area contributed by atoms with Gasteiger partial charge in [-0.15, -0.1) is 0 Å². The maximum atomic E-state index is 12.0. The SMILES string of the molecule is O=C(Nc1cccc(Cl)c1Br)c1ccc(C(=O)O)nc1. The molecule has 0 fully saturated rings. The average Bonchev–Trinajstić information content (AvgIpc) is 2.44. The Bertz CT molecular complexity index is 674. The third-order valence-corrected chi connectivity index (χ3v) is 3.84. The van der Waals surface area contributed by atoms with Crippen molar-refractivity contribution < 1.29 is 14.7 Å². The van der Waals surface area contributed by atoms with Crippen LogP contribution in [0.3, 0.4) is 0 Å². The van der Waals surface area contributed by atoms with Gasteiger partial charge >= 0.3 is 5.97 Å². The number of amides is 1. The van der Waals surface area contributed by atoms with E-state index in [9.17, 15) is 9.59 Å². The highest BCUT2D eigenvalue weighted by atomic mass is 79.9. The molecule has 102 valence electrons. The van der Waals surface area contributed by atoms with Gasteiger partial charge in [-0.2, -0.15) is 0 Å². The number of carbonyl (C=O) groups is 2. The molecular formula is C13H8BrClN2O3. The van der Waals surface area contributed by atoms with Crippen LogP contribution in [0.1, 0.15) is 20.8 Å². The number of rotatable bonds is 3. The molecule has 0 atom stereocenters. The van der Waals surface area contributed by atoms with Crippen LogP contribution in [-0.2, 0) is 0 Å². The van der Waals surface area contributed by atoms with Crippen LogP contribution in [0, 0.1) is 0 Å². The zero-order valence-electron chi connectivity index (χ0n) is 9.93. The quantitative estimate of drug-likeness (QED) is 0.884. The number of nitrogens with one attached hydrogen (secondary N) is 1. The Morgan fingerprint density at radius 1 is 1.25 bits per heavy atom. The number of benzene rings is 1. The van der Waals surface area contributed by atoms with E-state index in [2.05, 4.69) is 26.2 Å². The van der Waals surface area contributed by atoms with E-state index in [1.165, 1.54) is 18.3 Å². The number of hydrogen-bond donors (Lipinski definition) is 2. The molecule has 1 aromatic heterocycles. The van der Waals surface area contributed by atoms with E-state index in [1.54, 1.807) is 18.2 Å². The maximum absolute atomic E-state index is 12.0. The topological polar surface area (TPSA) is 79.3 Å². The van der Waals surface area contributed by atoms with Gasteiger partial charge in [-0.1, -0.05) is 17.7 Å². The molecule has 2 N–H and O–H groups in total. The second kappa shape index (κ2) is 6.02. The third kappa shape index (κ3) is 3.15. The van der Waals surface area contributed by atoms with Gasteiger partial charge in [0.15, 0.2) is 0 Å². The van der Waals surface area contributed by atoms with Crippen LogP contribution < -0.4 is 5.32 Å². The third-order valence-electron chi connectivity index (χ3n) is 2.44. The van der Waals surface area contributed by atoms with E-state index in [-0.39, 0.29) is 11.3 Å². The Kier molecular flexibility index (Phi) is 4.36. The molecule has 0 unspecified atom stereocenters. The second-order valence-corrected chi connectivity index (χ2v) is 4.99. The summed E-state index contributed by atoms with van der Waals surface area (Å²) in [6.45, 7) is 0. The molecule has 1 amide bonds. The Hall–Kier alpha value is -1.92. The van der Waals surface area contributed by atoms with Crippen molar-refractivity contribution in [1.82, 2.24) is 4.98 Å². The molecule has 0 saturated heterocycles. The molecule has 1 aromatic carbocycles. The summed E-state index contributed by atoms with van der Waals surface area (Å²) in [5.41, 5.74) is 0.650. The molecule has 0 bridgehead atoms. The number of aromatic carboxylic acids is 1. The number of pyridine rings is 1. The first-order valence-corrected chi connectivity index (χ1v) is 6.61. The molecule has 7 heteroatoms. The van der Waals surface area contributed by atoms with Crippen LogP contribution in [0.5, 0.6) is 0 Å². The van der Waals surface area contributed by atoms with Gasteiger partial charge in [0.1, 0.15) is 5.69 Å². The van der Waals surface area contributed by atoms with Crippen molar-refractivity contribution in [3.8, 4) is 0 Å². The van der Waals surface area contributed by atoms with Gasteiger partial charge in [0.2, 0.25) is 0 Å². The lowest BCUT2D eigenvalue weighted by molar-refractivity contribution is 0.0690. The predicted octanol–water partition coefficient (Wildman–Crippen LogP) is 3.45. The minimum atomic E-state index is -1.14. The number of nitrogens with zero attached hydrogens (tertiary/aromatic N) is 1. The Morgan fingerprint density at radius 2 is 2.00 bits per heavy atom. The van der Waals surface area contributed by atoms with Gasteiger partial charge in [0.05, 0.1) is 20.7 Å². The van der Waals surface area contributed by atoms with Crippen molar-refractivity contribution in [3.63, 3.8) is 0 Å². The fourth-order valence-corrected chi connectivity index (χ4v) is 1.99. The lowest BCUT2D eigenvalue weighted by Gasteiger charge is -2.08. The van der Waals surface area contributed by atoms with Crippen LogP contribution in [-0.4, -0.2) is 22.0 Å². The van der Waals surface area contributed by atoms with E-state index in [0.29, 0.717) is 15.2 Å². The Morgan fingerprint density at radius 3 is 2.60 bits per heavy atom. The molecule has 0 saturated carbocycles. The molecule has 0 spiro atoms. The second-order valence-electron chi connectivity index (χ2n) is 3.79. The standard InChI is InChI=1S/C13H8BrClN2O3/c14-11-8(15)2-1-3-9(11)17-12(18)7-4-5-10(13(19)20)16-6-7/h1-6H,(H,17,18)(H,19,20). The first kappa shape index (κ1) is 14.5. The first-order chi connectivity index (χ1) is 9.49. The van der Waals surface area contributed by atoms with E-state index in [0.717, 1.165) is 0 Å². The minimum Gasteiger partial charge on any atom is -0.477 e. The average molecular weight is 356 g/mol. The van der Waals surface area contributed by atoms with Gasteiger partial charge in [0.25, 0.3) is 5.91 Å². The highest BCUT2D eigenvalue weighted by Gasteiger charge is 2.11. The van der Waals surface area contributed by atoms with Gasteiger partial charge in [-0.25, -0.2) is 9.78 Å². The summed E-state index contributed by atoms with van der Waals surface area (Å²) in [4.78, 5) is 26.4. The van der Waals surface area contributed by atoms with Gasteiger partial charge in [0, 0.05) is 6.20 Å². The zero-order valence-corrected chi connectivity index (χ0v) is 12.3. The van der Waals surface area contributed by atoms with Crippen molar-refractivity contribution >= 4 is 45.1 Å². The number of anilines is 1. The number of carboxylic acids is 1. The highest BCUT2D eigenvalue weighted by molar-refractivity contribution is 9.10. The summed E-state index contributed by atoms with van der Waals surface area (Å²) in [6, 6.07) is 7.74. The van der Waals surface area contributed by atoms with E-state index in [4.69, 9.17) is 16.7 Å². The van der Waals surface area contributed by atoms with Crippen molar-refractivity contribution in [2.24, 2.45) is 0 Å². The zero-order chi connectivity index (χ0) is 14.7. The van der Waals surface area contributed by atoms with Gasteiger partial charge in [-0.05, 0) is 40.2 Å². The molecule has 0 aliphatic heterocycles. The van der Waals surface area contributed by atoms with Crippen LogP contribution >= 0.6 is 27.5 Å². The number of hydrogen-bond acceptors (Lipinski definition) is 3. The molecule has 0 aliphatic rings. The van der Waals surface area contributed by atoms with E-state index in [1.807, 2.05) is 0 Å². The maximum Gasteiger partial charge on any atom is 0.354 e. The van der Waals surface area contributed by atoms with Crippen molar-refractivity contribution in [2.75, 3.05) is 5.32 Å². The summed E-state index contributed by atoms with van der Waals surface area (Å²) in [7, 11) is 0. The molecule has 1 heterocycles. The molecule has 20 heavy (non-hydrogen) atoms. The van der Waals surface area contributed by atoms with Crippen LogP contribution in [0.2, 0.25) is 5.02 Å². The minimum absolute atomic E-state index is 0.120. The van der Waals surface area contributed by atoms with Crippen LogP contribution in [0.25, 0.3) is 0 Å². The van der Waals surface area contributed by atoms with Gasteiger partial charge < -0.3 is 10.4 Å². The van der Waals surface area contributed by atoms with Crippen molar-refractivity contribution in [3.05, 3.63) is 57.3 Å². The summed E-state index contributed by atoms with van der Waals surface area (Å²) in [5, 5.41) is 11.9. The normalized spacial score (nSPS) is 10.1. The van der Waals surface area contributed by atoms with E-state index >= 15 is 0 Å². The fourth-order valence-electron chi connectivity index (χ4n) is 1.45. The van der Waals surface area contributed by atoms with Crippen molar-refractivity contribution in [2.45, 2.75) is 0 Å². The molecule has 2 aromatic rings. The number of halogens is 2. The summed E-state index contributed by atoms with van der Waals surface area (Å²) < 4.78 is 0.574. The molecule has 2 rings (SSSR count). The first-order valence-electron chi connectivity index (χ1n) is 5.44. The van der Waals surface area contributed by atoms with Crippen molar-refractivity contribution in [1.29, 1.82) is 0 Å². The summed E-state index contributed by atoms with van der Waals surface area (Å²) in [5.74, 6) is -1.55. The summed E-state index contributed by atoms with van der Waals surface area (Å²) >= 11 is 9.20. The fraction of sp³-hybridized carbons (Fsp3) is 0. The Labute approximate surface area is 127 Å². The largest absolute Gasteiger partial charge is 0.477 e. The van der Waals surface area contributed by atoms with Crippen LogP contribution in [0.4, 0.5) is 5.69 Å². The smallest absolute Gasteiger partial charge is 0.354 e. The predicted molar refractivity (Wildman–Crippen MR) is 78.3 cm³/mol. The van der Waals surface area contributed by atoms with Crippen LogP contribution in [0.15, 0.2) is 41.0 Å².